The molecule has 1 saturated heterocycles. The molecule has 0 aromatic heterocycles. The summed E-state index contributed by atoms with van der Waals surface area (Å²) >= 11 is 3.17. The van der Waals surface area contributed by atoms with E-state index >= 15 is 0 Å². The quantitative estimate of drug-likeness (QED) is 0.751. The van der Waals surface area contributed by atoms with E-state index in [9.17, 15) is 17.6 Å². The molecule has 2 aromatic rings. The normalized spacial score (nSPS) is 16.2. The Hall–Kier alpha value is -1.81. The third kappa shape index (κ3) is 4.92. The van der Waals surface area contributed by atoms with Gasteiger partial charge in [0.05, 0.1) is 17.1 Å². The van der Waals surface area contributed by atoms with Crippen LogP contribution in [-0.4, -0.2) is 56.3 Å². The zero-order chi connectivity index (χ0) is 19.4. The molecule has 1 aliphatic rings. The van der Waals surface area contributed by atoms with Crippen LogP contribution < -0.4 is 5.32 Å². The van der Waals surface area contributed by atoms with Gasteiger partial charge in [0.1, 0.15) is 5.82 Å². The molecule has 1 aliphatic heterocycles. The van der Waals surface area contributed by atoms with Crippen molar-refractivity contribution in [3.05, 3.63) is 58.8 Å². The minimum absolute atomic E-state index is 0.0781. The minimum atomic E-state index is -3.52. The molecule has 0 aliphatic carbocycles. The highest BCUT2D eigenvalue weighted by atomic mass is 79.9. The third-order valence-electron chi connectivity index (χ3n) is 4.28. The number of carbonyl (C=O) groups is 1. The van der Waals surface area contributed by atoms with Gasteiger partial charge in [0.25, 0.3) is 0 Å². The molecule has 0 radical (unpaired) electrons. The van der Waals surface area contributed by atoms with Gasteiger partial charge in [-0.1, -0.05) is 34.1 Å². The number of hydrogen-bond donors (Lipinski definition) is 1. The van der Waals surface area contributed by atoms with Gasteiger partial charge in [-0.3, -0.25) is 9.69 Å². The smallest absolute Gasteiger partial charge is 0.243 e. The highest BCUT2D eigenvalue weighted by Gasteiger charge is 2.28. The number of nitrogens with one attached hydrogen (secondary N) is 1. The molecule has 144 valence electrons. The number of carbonyl (C=O) groups excluding carboxylic acids is 1. The van der Waals surface area contributed by atoms with Crippen molar-refractivity contribution in [1.82, 2.24) is 9.21 Å². The summed E-state index contributed by atoms with van der Waals surface area (Å²) in [6, 6.07) is 12.7. The third-order valence-corrected chi connectivity index (χ3v) is 6.69. The fraction of sp³-hybridized carbons (Fsp3) is 0.278. The molecule has 1 fully saturated rings. The van der Waals surface area contributed by atoms with Crippen molar-refractivity contribution < 1.29 is 17.6 Å². The van der Waals surface area contributed by atoms with Crippen molar-refractivity contribution in [1.29, 1.82) is 0 Å². The first-order valence-corrected chi connectivity index (χ1v) is 10.6. The topological polar surface area (TPSA) is 69.7 Å². The largest absolute Gasteiger partial charge is 0.322 e. The fourth-order valence-corrected chi connectivity index (χ4v) is 4.63. The van der Waals surface area contributed by atoms with Gasteiger partial charge >= 0.3 is 0 Å². The van der Waals surface area contributed by atoms with E-state index in [1.54, 1.807) is 36.4 Å². The molecule has 6 nitrogen and oxygen atoms in total. The van der Waals surface area contributed by atoms with Crippen LogP contribution in [0.4, 0.5) is 10.1 Å². The van der Waals surface area contributed by atoms with E-state index in [4.69, 9.17) is 0 Å². The zero-order valence-corrected chi connectivity index (χ0v) is 16.8. The molecule has 3 rings (SSSR count). The van der Waals surface area contributed by atoms with Crippen LogP contribution in [-0.2, 0) is 14.8 Å². The van der Waals surface area contributed by atoms with E-state index in [1.165, 1.54) is 16.4 Å². The van der Waals surface area contributed by atoms with Gasteiger partial charge in [-0.25, -0.2) is 12.8 Å². The first kappa shape index (κ1) is 19.9. The number of sulfonamides is 1. The van der Waals surface area contributed by atoms with E-state index in [-0.39, 0.29) is 23.0 Å². The lowest BCUT2D eigenvalue weighted by Gasteiger charge is -2.33. The Kier molecular flexibility index (Phi) is 6.25. The molecule has 0 saturated carbocycles. The van der Waals surface area contributed by atoms with Crippen LogP contribution in [0.15, 0.2) is 57.9 Å². The number of nitrogens with zero attached hydrogens (tertiary/aromatic N) is 2. The second-order valence-corrected chi connectivity index (χ2v) is 9.02. The van der Waals surface area contributed by atoms with Crippen LogP contribution >= 0.6 is 15.9 Å². The van der Waals surface area contributed by atoms with Gasteiger partial charge in [0.2, 0.25) is 15.9 Å². The summed E-state index contributed by atoms with van der Waals surface area (Å²) in [7, 11) is -3.52. The van der Waals surface area contributed by atoms with Crippen molar-refractivity contribution in [2.75, 3.05) is 38.0 Å². The molecule has 2 aromatic carbocycles. The average Bonchev–Trinajstić information content (AvgIpc) is 2.65. The van der Waals surface area contributed by atoms with E-state index in [0.29, 0.717) is 30.7 Å². The Morgan fingerprint density at radius 2 is 1.74 bits per heavy atom. The summed E-state index contributed by atoms with van der Waals surface area (Å²) in [5.74, 6) is -0.855. The lowest BCUT2D eigenvalue weighted by molar-refractivity contribution is -0.117. The van der Waals surface area contributed by atoms with Crippen molar-refractivity contribution in [3.8, 4) is 0 Å². The monoisotopic (exact) mass is 455 g/mol. The molecule has 9 heteroatoms. The maximum Gasteiger partial charge on any atom is 0.243 e. The van der Waals surface area contributed by atoms with E-state index in [1.807, 2.05) is 4.90 Å². The Bertz CT molecular complexity index is 917. The van der Waals surface area contributed by atoms with E-state index in [0.717, 1.165) is 0 Å². The van der Waals surface area contributed by atoms with Gasteiger partial charge in [-0.2, -0.15) is 4.31 Å². The number of piperazine rings is 1. The van der Waals surface area contributed by atoms with Crippen LogP contribution in [0.25, 0.3) is 0 Å². The van der Waals surface area contributed by atoms with Crippen molar-refractivity contribution in [2.45, 2.75) is 4.90 Å². The summed E-state index contributed by atoms with van der Waals surface area (Å²) in [6.45, 7) is 1.55. The lowest BCUT2D eigenvalue weighted by atomic mass is 10.3. The molecule has 27 heavy (non-hydrogen) atoms. The maximum absolute atomic E-state index is 13.8. The summed E-state index contributed by atoms with van der Waals surface area (Å²) in [5.41, 5.74) is 0.119. The van der Waals surface area contributed by atoms with Crippen LogP contribution in [0, 0.1) is 5.82 Å². The second-order valence-electron chi connectivity index (χ2n) is 6.17. The van der Waals surface area contributed by atoms with Crippen LogP contribution in [0.2, 0.25) is 0 Å². The predicted octanol–water partition coefficient (Wildman–Crippen LogP) is 2.53. The van der Waals surface area contributed by atoms with Gasteiger partial charge < -0.3 is 5.32 Å². The summed E-state index contributed by atoms with van der Waals surface area (Å²) in [6.07, 6.45) is 0. The first-order valence-electron chi connectivity index (χ1n) is 8.39. The second kappa shape index (κ2) is 8.47. The Morgan fingerprint density at radius 1 is 1.07 bits per heavy atom. The summed E-state index contributed by atoms with van der Waals surface area (Å²) < 4.78 is 41.0. The lowest BCUT2D eigenvalue weighted by Crippen LogP contribution is -2.50. The van der Waals surface area contributed by atoms with Crippen molar-refractivity contribution in [3.63, 3.8) is 0 Å². The molecular formula is C18H19BrFN3O3S. The average molecular weight is 456 g/mol. The number of hydrogen-bond acceptors (Lipinski definition) is 4. The SMILES string of the molecule is O=C(CN1CCN(S(=O)(=O)c2ccccc2)CC1)Nc1ccc(Br)cc1F. The molecule has 1 amide bonds. The molecule has 0 atom stereocenters. The Balaban J connectivity index is 1.54. The number of rotatable bonds is 5. The highest BCUT2D eigenvalue weighted by Crippen LogP contribution is 2.20. The fourth-order valence-electron chi connectivity index (χ4n) is 2.85. The molecule has 0 bridgehead atoms. The molecule has 1 N–H and O–H groups in total. The van der Waals surface area contributed by atoms with Crippen LogP contribution in [0.3, 0.4) is 0 Å². The first-order chi connectivity index (χ1) is 12.9. The van der Waals surface area contributed by atoms with Gasteiger partial charge in [-0.15, -0.1) is 0 Å². The van der Waals surface area contributed by atoms with Gasteiger partial charge in [0.15, 0.2) is 0 Å². The summed E-state index contributed by atoms with van der Waals surface area (Å²) in [5, 5.41) is 2.54. The van der Waals surface area contributed by atoms with Crippen molar-refractivity contribution >= 4 is 37.5 Å². The van der Waals surface area contributed by atoms with E-state index < -0.39 is 15.8 Å². The standard InChI is InChI=1S/C18H19BrFN3O3S/c19-14-6-7-17(16(20)12-14)21-18(24)13-22-8-10-23(11-9-22)27(25,26)15-4-2-1-3-5-15/h1-7,12H,8-11,13H2,(H,21,24). The maximum atomic E-state index is 13.8. The number of anilines is 1. The van der Waals surface area contributed by atoms with Gasteiger partial charge in [-0.05, 0) is 30.3 Å². The number of halogens is 2. The molecule has 0 spiro atoms. The van der Waals surface area contributed by atoms with Gasteiger partial charge in [0, 0.05) is 30.7 Å². The number of benzene rings is 2. The summed E-state index contributed by atoms with van der Waals surface area (Å²) in [4.78, 5) is 14.3. The Morgan fingerprint density at radius 3 is 2.37 bits per heavy atom. The zero-order valence-electron chi connectivity index (χ0n) is 14.4. The van der Waals surface area contributed by atoms with Crippen molar-refractivity contribution in [2.24, 2.45) is 0 Å². The van der Waals surface area contributed by atoms with Crippen LogP contribution in [0.1, 0.15) is 0 Å². The molecular weight excluding hydrogens is 437 g/mol. The molecule has 0 unspecified atom stereocenters. The number of amides is 1. The van der Waals surface area contributed by atoms with E-state index in [2.05, 4.69) is 21.2 Å². The van der Waals surface area contributed by atoms with Crippen LogP contribution in [0.5, 0.6) is 0 Å². The minimum Gasteiger partial charge on any atom is -0.322 e. The molecule has 1 heterocycles. The highest BCUT2D eigenvalue weighted by molar-refractivity contribution is 9.10. The predicted molar refractivity (Wildman–Crippen MR) is 104 cm³/mol. The Labute approximate surface area is 166 Å².